The lowest BCUT2D eigenvalue weighted by atomic mass is 9.89. The fourth-order valence-electron chi connectivity index (χ4n) is 4.10. The van der Waals surface area contributed by atoms with E-state index in [0.29, 0.717) is 19.6 Å². The number of Topliss-reactive ketones (excluding diaryl/α,β-unsaturated/α-hetero) is 1. The van der Waals surface area contributed by atoms with Crippen LogP contribution in [-0.2, 0) is 4.79 Å². The number of carbonyl (C=O) groups is 2. The molecule has 3 aromatic rings. The minimum absolute atomic E-state index is 0.0416. The molecular weight excluding hydrogens is 368 g/mol. The first-order chi connectivity index (χ1) is 13.7. The summed E-state index contributed by atoms with van der Waals surface area (Å²) in [6.07, 6.45) is 0.501. The minimum atomic E-state index is 0.0416. The molecule has 144 valence electrons. The van der Waals surface area contributed by atoms with Gasteiger partial charge in [0.1, 0.15) is 0 Å². The zero-order valence-corrected chi connectivity index (χ0v) is 16.5. The van der Waals surface area contributed by atoms with E-state index in [-0.39, 0.29) is 36.4 Å². The molecule has 1 aromatic heterocycles. The molecule has 4 nitrogen and oxygen atoms in total. The van der Waals surface area contributed by atoms with Crippen LogP contribution >= 0.6 is 11.3 Å². The number of fused-ring (bicyclic) bond motifs is 1. The highest BCUT2D eigenvalue weighted by atomic mass is 32.1. The van der Waals surface area contributed by atoms with Gasteiger partial charge in [0.25, 0.3) is 0 Å². The fraction of sp³-hybridized carbons (Fsp3) is 0.304. The zero-order valence-electron chi connectivity index (χ0n) is 15.7. The van der Waals surface area contributed by atoms with Crippen LogP contribution in [0.3, 0.4) is 0 Å². The molecule has 5 heteroatoms. The third-order valence-electron chi connectivity index (χ3n) is 5.67. The number of amides is 1. The van der Waals surface area contributed by atoms with Crippen LogP contribution in [0.15, 0.2) is 60.0 Å². The van der Waals surface area contributed by atoms with Gasteiger partial charge in [0.15, 0.2) is 5.78 Å². The number of carbonyl (C=O) groups excluding carboxylic acids is 2. The van der Waals surface area contributed by atoms with Gasteiger partial charge in [-0.25, -0.2) is 0 Å². The van der Waals surface area contributed by atoms with E-state index in [1.807, 2.05) is 52.7 Å². The van der Waals surface area contributed by atoms with E-state index in [0.717, 1.165) is 15.6 Å². The van der Waals surface area contributed by atoms with Gasteiger partial charge in [-0.15, -0.1) is 11.3 Å². The Morgan fingerprint density at radius 3 is 2.54 bits per heavy atom. The Morgan fingerprint density at radius 1 is 1.00 bits per heavy atom. The molecule has 4 rings (SSSR count). The number of nitrogens with zero attached hydrogens (tertiary/aromatic N) is 1. The normalized spacial score (nSPS) is 19.2. The Kier molecular flexibility index (Phi) is 5.55. The maximum Gasteiger partial charge on any atom is 0.223 e. The SMILES string of the molecule is NC[C@@H]1CN(C(=O)CCC(=O)c2csc3ccccc23)C[C@H]1c1ccccc1. The largest absolute Gasteiger partial charge is 0.342 e. The van der Waals surface area contributed by atoms with Crippen molar-refractivity contribution in [3.8, 4) is 0 Å². The number of benzene rings is 2. The van der Waals surface area contributed by atoms with Crippen LogP contribution in [0.5, 0.6) is 0 Å². The number of hydrogen-bond acceptors (Lipinski definition) is 4. The highest BCUT2D eigenvalue weighted by Crippen LogP contribution is 2.32. The number of hydrogen-bond donors (Lipinski definition) is 1. The molecular formula is C23H24N2O2S. The molecule has 2 heterocycles. The van der Waals surface area contributed by atoms with Gasteiger partial charge < -0.3 is 10.6 Å². The number of nitrogens with two attached hydrogens (primary N) is 1. The second-order valence-corrected chi connectivity index (χ2v) is 8.29. The standard InChI is InChI=1S/C23H24N2O2S/c24-12-17-13-25(14-19(17)16-6-2-1-3-7-16)23(27)11-10-21(26)20-15-28-22-9-5-4-8-18(20)22/h1-9,15,17,19H,10-14,24H2/t17-,19+/m1/s1. The predicted octanol–water partition coefficient (Wildman–Crippen LogP) is 4.07. The van der Waals surface area contributed by atoms with Gasteiger partial charge in [-0.3, -0.25) is 9.59 Å². The lowest BCUT2D eigenvalue weighted by molar-refractivity contribution is -0.130. The number of rotatable bonds is 6. The topological polar surface area (TPSA) is 63.4 Å². The number of thiophene rings is 1. The maximum atomic E-state index is 12.8. The van der Waals surface area contributed by atoms with Gasteiger partial charge in [-0.1, -0.05) is 48.5 Å². The Bertz CT molecular complexity index is 982. The van der Waals surface area contributed by atoms with E-state index >= 15 is 0 Å². The van der Waals surface area contributed by atoms with Crippen LogP contribution in [-0.4, -0.2) is 36.2 Å². The van der Waals surface area contributed by atoms with Gasteiger partial charge in [0, 0.05) is 52.9 Å². The number of ketones is 1. The third-order valence-corrected chi connectivity index (χ3v) is 6.63. The molecule has 0 aliphatic carbocycles. The first-order valence-corrected chi connectivity index (χ1v) is 10.6. The second-order valence-electron chi connectivity index (χ2n) is 7.38. The molecule has 0 unspecified atom stereocenters. The van der Waals surface area contributed by atoms with E-state index in [2.05, 4.69) is 12.1 Å². The minimum Gasteiger partial charge on any atom is -0.342 e. The molecule has 2 atom stereocenters. The van der Waals surface area contributed by atoms with Crippen molar-refractivity contribution in [2.75, 3.05) is 19.6 Å². The molecule has 1 fully saturated rings. The van der Waals surface area contributed by atoms with Crippen molar-refractivity contribution in [2.24, 2.45) is 11.7 Å². The number of likely N-dealkylation sites (tertiary alicyclic amines) is 1. The van der Waals surface area contributed by atoms with Crippen LogP contribution in [0.25, 0.3) is 10.1 Å². The lowest BCUT2D eigenvalue weighted by Crippen LogP contribution is -2.30. The van der Waals surface area contributed by atoms with Gasteiger partial charge in [0.05, 0.1) is 0 Å². The van der Waals surface area contributed by atoms with Crippen LogP contribution < -0.4 is 5.73 Å². The van der Waals surface area contributed by atoms with E-state index in [4.69, 9.17) is 5.73 Å². The molecule has 1 saturated heterocycles. The first kappa shape index (κ1) is 18.8. The van der Waals surface area contributed by atoms with Gasteiger partial charge in [-0.05, 0) is 24.1 Å². The predicted molar refractivity (Wildman–Crippen MR) is 114 cm³/mol. The summed E-state index contributed by atoms with van der Waals surface area (Å²) in [4.78, 5) is 27.3. The highest BCUT2D eigenvalue weighted by molar-refractivity contribution is 7.17. The van der Waals surface area contributed by atoms with Gasteiger partial charge >= 0.3 is 0 Å². The molecule has 1 aliphatic rings. The molecule has 0 bridgehead atoms. The van der Waals surface area contributed by atoms with E-state index in [9.17, 15) is 9.59 Å². The van der Waals surface area contributed by atoms with Crippen molar-refractivity contribution >= 4 is 33.1 Å². The van der Waals surface area contributed by atoms with Crippen molar-refractivity contribution < 1.29 is 9.59 Å². The molecule has 2 aromatic carbocycles. The third kappa shape index (κ3) is 3.73. The zero-order chi connectivity index (χ0) is 19.5. The van der Waals surface area contributed by atoms with E-state index < -0.39 is 0 Å². The Labute approximate surface area is 169 Å². The van der Waals surface area contributed by atoms with Crippen LogP contribution in [0.1, 0.15) is 34.7 Å². The van der Waals surface area contributed by atoms with Crippen molar-refractivity contribution in [3.05, 3.63) is 71.1 Å². The molecule has 0 radical (unpaired) electrons. The monoisotopic (exact) mass is 392 g/mol. The van der Waals surface area contributed by atoms with Crippen LogP contribution in [0, 0.1) is 5.92 Å². The summed E-state index contributed by atoms with van der Waals surface area (Å²) >= 11 is 1.57. The highest BCUT2D eigenvalue weighted by Gasteiger charge is 2.35. The summed E-state index contributed by atoms with van der Waals surface area (Å²) in [7, 11) is 0. The molecule has 0 saturated carbocycles. The average Bonchev–Trinajstić information content (AvgIpc) is 3.37. The summed E-state index contributed by atoms with van der Waals surface area (Å²) in [6, 6.07) is 18.2. The van der Waals surface area contributed by atoms with E-state index in [1.54, 1.807) is 11.3 Å². The van der Waals surface area contributed by atoms with Gasteiger partial charge in [0.2, 0.25) is 5.91 Å². The summed E-state index contributed by atoms with van der Waals surface area (Å²) in [5, 5.41) is 2.89. The Balaban J connectivity index is 1.39. The first-order valence-electron chi connectivity index (χ1n) is 9.69. The fourth-order valence-corrected chi connectivity index (χ4v) is 5.06. The smallest absolute Gasteiger partial charge is 0.223 e. The Morgan fingerprint density at radius 2 is 1.75 bits per heavy atom. The van der Waals surface area contributed by atoms with Gasteiger partial charge in [-0.2, -0.15) is 0 Å². The molecule has 1 aliphatic heterocycles. The quantitative estimate of drug-likeness (QED) is 0.643. The summed E-state index contributed by atoms with van der Waals surface area (Å²) in [6.45, 7) is 1.91. The molecule has 2 N–H and O–H groups in total. The van der Waals surface area contributed by atoms with Crippen LogP contribution in [0.4, 0.5) is 0 Å². The van der Waals surface area contributed by atoms with Crippen molar-refractivity contribution in [3.63, 3.8) is 0 Å². The average molecular weight is 393 g/mol. The molecule has 0 spiro atoms. The lowest BCUT2D eigenvalue weighted by Gasteiger charge is -2.16. The molecule has 28 heavy (non-hydrogen) atoms. The Hall–Kier alpha value is -2.50. The second kappa shape index (κ2) is 8.25. The van der Waals surface area contributed by atoms with Crippen LogP contribution in [0.2, 0.25) is 0 Å². The van der Waals surface area contributed by atoms with E-state index in [1.165, 1.54) is 5.56 Å². The van der Waals surface area contributed by atoms with Crippen molar-refractivity contribution in [1.29, 1.82) is 0 Å². The maximum absolute atomic E-state index is 12.8. The van der Waals surface area contributed by atoms with Crippen molar-refractivity contribution in [2.45, 2.75) is 18.8 Å². The summed E-state index contributed by atoms with van der Waals surface area (Å²) < 4.78 is 1.10. The summed E-state index contributed by atoms with van der Waals surface area (Å²) in [5.74, 6) is 0.624. The van der Waals surface area contributed by atoms with Crippen molar-refractivity contribution in [1.82, 2.24) is 4.90 Å². The molecule has 1 amide bonds. The summed E-state index contributed by atoms with van der Waals surface area (Å²) in [5.41, 5.74) is 7.94.